The predicted molar refractivity (Wildman–Crippen MR) is 103 cm³/mol. The van der Waals surface area contributed by atoms with Crippen LogP contribution in [0.4, 0.5) is 4.79 Å². The molecule has 0 aromatic heterocycles. The summed E-state index contributed by atoms with van der Waals surface area (Å²) < 4.78 is 10.6. The molecule has 1 atom stereocenters. The summed E-state index contributed by atoms with van der Waals surface area (Å²) in [5.41, 5.74) is 0.760. The van der Waals surface area contributed by atoms with E-state index >= 15 is 0 Å². The van der Waals surface area contributed by atoms with Crippen molar-refractivity contribution >= 4 is 12.0 Å². The van der Waals surface area contributed by atoms with Gasteiger partial charge in [0.05, 0.1) is 7.11 Å². The molecule has 6 heteroatoms. The van der Waals surface area contributed by atoms with Gasteiger partial charge in [0.2, 0.25) is 5.91 Å². The minimum absolute atomic E-state index is 0.191. The van der Waals surface area contributed by atoms with Crippen LogP contribution in [0, 0.1) is 5.92 Å². The molecule has 2 heterocycles. The Morgan fingerprint density at radius 3 is 2.33 bits per heavy atom. The number of hydrogen-bond donors (Lipinski definition) is 0. The van der Waals surface area contributed by atoms with Crippen LogP contribution in [0.1, 0.15) is 45.1 Å². The molecule has 0 N–H and O–H groups in total. The van der Waals surface area contributed by atoms with E-state index in [1.54, 1.807) is 12.0 Å². The highest BCUT2D eigenvalue weighted by Gasteiger charge is 2.35. The highest BCUT2D eigenvalue weighted by molar-refractivity contribution is 5.78. The molecule has 0 aliphatic carbocycles. The second-order valence-electron chi connectivity index (χ2n) is 8.55. The van der Waals surface area contributed by atoms with Crippen molar-refractivity contribution in [2.75, 3.05) is 33.3 Å². The highest BCUT2D eigenvalue weighted by atomic mass is 16.6. The van der Waals surface area contributed by atoms with Crippen LogP contribution < -0.4 is 4.74 Å². The minimum Gasteiger partial charge on any atom is -0.497 e. The average molecular weight is 374 g/mol. The van der Waals surface area contributed by atoms with Crippen molar-refractivity contribution in [3.8, 4) is 5.75 Å². The normalized spacial score (nSPS) is 20.4. The molecule has 0 saturated carbocycles. The van der Waals surface area contributed by atoms with E-state index in [1.165, 1.54) is 5.56 Å². The Bertz CT molecular complexity index is 674. The number of rotatable bonds is 4. The monoisotopic (exact) mass is 374 g/mol. The summed E-state index contributed by atoms with van der Waals surface area (Å²) in [6.07, 6.45) is 1.09. The quantitative estimate of drug-likeness (QED) is 0.812. The van der Waals surface area contributed by atoms with E-state index in [0.29, 0.717) is 25.4 Å². The van der Waals surface area contributed by atoms with E-state index in [0.717, 1.165) is 25.3 Å². The van der Waals surface area contributed by atoms with Gasteiger partial charge in [-0.15, -0.1) is 0 Å². The van der Waals surface area contributed by atoms with Gasteiger partial charge in [-0.25, -0.2) is 4.79 Å². The maximum atomic E-state index is 12.5. The van der Waals surface area contributed by atoms with E-state index in [4.69, 9.17) is 9.47 Å². The van der Waals surface area contributed by atoms with E-state index in [1.807, 2.05) is 37.8 Å². The van der Waals surface area contributed by atoms with Crippen LogP contribution in [0.3, 0.4) is 0 Å². The predicted octanol–water partition coefficient (Wildman–Crippen LogP) is 3.27. The number of methoxy groups -OCH3 is 1. The molecule has 2 aliphatic rings. The highest BCUT2D eigenvalue weighted by Crippen LogP contribution is 2.30. The summed E-state index contributed by atoms with van der Waals surface area (Å²) in [5.74, 6) is 1.67. The summed E-state index contributed by atoms with van der Waals surface area (Å²) in [7, 11) is 1.66. The number of benzene rings is 1. The van der Waals surface area contributed by atoms with Crippen molar-refractivity contribution in [3.05, 3.63) is 29.8 Å². The van der Waals surface area contributed by atoms with Crippen LogP contribution in [-0.2, 0) is 9.53 Å². The van der Waals surface area contributed by atoms with Crippen molar-refractivity contribution in [1.82, 2.24) is 9.80 Å². The van der Waals surface area contributed by atoms with Gasteiger partial charge in [-0.2, -0.15) is 0 Å². The standard InChI is InChI=1S/C21H30N2O4/c1-21(2,3)27-20(25)22-10-9-15(12-22)11-19(24)23-13-17(14-23)16-5-7-18(26-4)8-6-16/h5-8,15,17H,9-14H2,1-4H3/t15-/m0/s1. The average Bonchev–Trinajstić information content (AvgIpc) is 3.01. The molecular formula is C21H30N2O4. The van der Waals surface area contributed by atoms with Crippen molar-refractivity contribution in [2.24, 2.45) is 5.92 Å². The van der Waals surface area contributed by atoms with Crippen LogP contribution in [0.25, 0.3) is 0 Å². The minimum atomic E-state index is -0.487. The van der Waals surface area contributed by atoms with Crippen LogP contribution in [0.2, 0.25) is 0 Å². The zero-order valence-electron chi connectivity index (χ0n) is 16.7. The number of carbonyl (C=O) groups excluding carboxylic acids is 2. The molecule has 6 nitrogen and oxygen atoms in total. The second-order valence-corrected chi connectivity index (χ2v) is 8.55. The van der Waals surface area contributed by atoms with Gasteiger partial charge in [0, 0.05) is 38.5 Å². The Morgan fingerprint density at radius 2 is 1.74 bits per heavy atom. The first-order valence-corrected chi connectivity index (χ1v) is 9.65. The fraction of sp³-hybridized carbons (Fsp3) is 0.619. The van der Waals surface area contributed by atoms with E-state index in [-0.39, 0.29) is 17.9 Å². The third kappa shape index (κ3) is 4.93. The number of likely N-dealkylation sites (tertiary alicyclic amines) is 2. The number of nitrogens with zero attached hydrogens (tertiary/aromatic N) is 2. The molecule has 0 spiro atoms. The topological polar surface area (TPSA) is 59.1 Å². The summed E-state index contributed by atoms with van der Waals surface area (Å²) in [6, 6.07) is 8.06. The summed E-state index contributed by atoms with van der Waals surface area (Å²) in [4.78, 5) is 28.3. The SMILES string of the molecule is COc1ccc(C2CN(C(=O)C[C@@H]3CCN(C(=O)OC(C)(C)C)C3)C2)cc1. The van der Waals surface area contributed by atoms with Gasteiger partial charge in [-0.3, -0.25) is 4.79 Å². The molecule has 0 radical (unpaired) electrons. The molecule has 1 aromatic rings. The zero-order chi connectivity index (χ0) is 19.6. The summed E-state index contributed by atoms with van der Waals surface area (Å²) in [5, 5.41) is 0. The molecule has 1 aromatic carbocycles. The molecule has 2 aliphatic heterocycles. The molecule has 2 saturated heterocycles. The van der Waals surface area contributed by atoms with Crippen molar-refractivity contribution in [2.45, 2.75) is 45.1 Å². The third-order valence-electron chi connectivity index (χ3n) is 5.22. The molecule has 2 fully saturated rings. The van der Waals surface area contributed by atoms with Gasteiger partial charge < -0.3 is 19.3 Å². The van der Waals surface area contributed by atoms with Crippen molar-refractivity contribution in [3.63, 3.8) is 0 Å². The molecule has 0 unspecified atom stereocenters. The lowest BCUT2D eigenvalue weighted by Gasteiger charge is -2.40. The molecule has 27 heavy (non-hydrogen) atoms. The number of amides is 2. The van der Waals surface area contributed by atoms with Crippen LogP contribution in [-0.4, -0.2) is 60.7 Å². The van der Waals surface area contributed by atoms with Gasteiger partial charge in [0.25, 0.3) is 0 Å². The summed E-state index contributed by atoms with van der Waals surface area (Å²) in [6.45, 7) is 8.42. The number of ether oxygens (including phenoxy) is 2. The second kappa shape index (κ2) is 7.79. The lowest BCUT2D eigenvalue weighted by atomic mass is 9.90. The van der Waals surface area contributed by atoms with Crippen molar-refractivity contribution < 1.29 is 19.1 Å². The van der Waals surface area contributed by atoms with Gasteiger partial charge in [0.1, 0.15) is 11.4 Å². The maximum Gasteiger partial charge on any atom is 0.410 e. The molecule has 148 valence electrons. The fourth-order valence-electron chi connectivity index (χ4n) is 3.64. The van der Waals surface area contributed by atoms with E-state index in [9.17, 15) is 9.59 Å². The summed E-state index contributed by atoms with van der Waals surface area (Å²) >= 11 is 0. The van der Waals surface area contributed by atoms with Gasteiger partial charge in [-0.05, 0) is 50.8 Å². The van der Waals surface area contributed by atoms with Gasteiger partial charge in [0.15, 0.2) is 0 Å². The first kappa shape index (κ1) is 19.5. The molecule has 2 amide bonds. The molecule has 3 rings (SSSR count). The number of carbonyl (C=O) groups is 2. The fourth-order valence-corrected chi connectivity index (χ4v) is 3.64. The third-order valence-corrected chi connectivity index (χ3v) is 5.22. The molecular weight excluding hydrogens is 344 g/mol. The Labute approximate surface area is 161 Å². The Kier molecular flexibility index (Phi) is 5.63. The Hall–Kier alpha value is -2.24. The first-order valence-electron chi connectivity index (χ1n) is 9.65. The zero-order valence-corrected chi connectivity index (χ0v) is 16.7. The first-order chi connectivity index (χ1) is 12.7. The largest absolute Gasteiger partial charge is 0.497 e. The van der Waals surface area contributed by atoms with Crippen LogP contribution in [0.5, 0.6) is 5.75 Å². The van der Waals surface area contributed by atoms with Crippen LogP contribution >= 0.6 is 0 Å². The Balaban J connectivity index is 1.42. The van der Waals surface area contributed by atoms with Crippen LogP contribution in [0.15, 0.2) is 24.3 Å². The lowest BCUT2D eigenvalue weighted by molar-refractivity contribution is -0.136. The van der Waals surface area contributed by atoms with Crippen molar-refractivity contribution in [1.29, 1.82) is 0 Å². The van der Waals surface area contributed by atoms with E-state index < -0.39 is 5.60 Å². The maximum absolute atomic E-state index is 12.5. The number of hydrogen-bond acceptors (Lipinski definition) is 4. The van der Waals surface area contributed by atoms with Gasteiger partial charge in [-0.1, -0.05) is 12.1 Å². The van der Waals surface area contributed by atoms with Gasteiger partial charge >= 0.3 is 6.09 Å². The molecule has 0 bridgehead atoms. The Morgan fingerprint density at radius 1 is 1.07 bits per heavy atom. The lowest BCUT2D eigenvalue weighted by Crippen LogP contribution is -2.49. The smallest absolute Gasteiger partial charge is 0.410 e. The van der Waals surface area contributed by atoms with E-state index in [2.05, 4.69) is 12.1 Å².